The van der Waals surface area contributed by atoms with Crippen molar-refractivity contribution >= 4 is 39.8 Å². The highest BCUT2D eigenvalue weighted by Gasteiger charge is 2.20. The molecule has 0 amide bonds. The van der Waals surface area contributed by atoms with E-state index >= 15 is 0 Å². The monoisotopic (exact) mass is 524 g/mol. The van der Waals surface area contributed by atoms with Crippen molar-refractivity contribution in [3.05, 3.63) is 29.3 Å². The Kier molecular flexibility index (Phi) is 12.2. The Morgan fingerprint density at radius 3 is 2.21 bits per heavy atom. The van der Waals surface area contributed by atoms with Gasteiger partial charge in [-0.2, -0.15) is 0 Å². The number of halogens is 1. The molecule has 0 saturated carbocycles. The average molecular weight is 525 g/mol. The molecule has 1 rings (SSSR count). The van der Waals surface area contributed by atoms with Gasteiger partial charge in [0, 0.05) is 32.4 Å². The molecule has 0 radical (unpaired) electrons. The smallest absolute Gasteiger partial charge is 0.191 e. The van der Waals surface area contributed by atoms with Crippen LogP contribution in [0.2, 0.25) is 0 Å². The Balaban J connectivity index is 0.00000729. The number of benzene rings is 1. The zero-order chi connectivity index (χ0) is 20.6. The van der Waals surface area contributed by atoms with Gasteiger partial charge in [0.05, 0.1) is 4.90 Å². The summed E-state index contributed by atoms with van der Waals surface area (Å²) in [6.07, 6.45) is 3.54. The summed E-state index contributed by atoms with van der Waals surface area (Å²) in [5.41, 5.74) is 1.79. The maximum Gasteiger partial charge on any atom is 0.191 e. The number of sulfone groups is 1. The van der Waals surface area contributed by atoms with E-state index in [1.165, 1.54) is 6.26 Å². The van der Waals surface area contributed by atoms with Crippen LogP contribution in [0.4, 0.5) is 0 Å². The van der Waals surface area contributed by atoms with Crippen molar-refractivity contribution in [2.75, 3.05) is 33.9 Å². The molecule has 28 heavy (non-hydrogen) atoms. The molecule has 162 valence electrons. The number of nitrogens with one attached hydrogen (secondary N) is 2. The van der Waals surface area contributed by atoms with Gasteiger partial charge in [-0.25, -0.2) is 8.42 Å². The number of nitrogens with zero attached hydrogens (tertiary/aromatic N) is 2. The first-order chi connectivity index (χ1) is 12.6. The third kappa shape index (κ3) is 8.24. The zero-order valence-electron chi connectivity index (χ0n) is 18.2. The van der Waals surface area contributed by atoms with Gasteiger partial charge in [0.15, 0.2) is 15.8 Å². The fraction of sp³-hybridized carbons (Fsp3) is 0.650. The lowest BCUT2D eigenvalue weighted by molar-refractivity contribution is 0.200. The maximum absolute atomic E-state index is 11.7. The molecule has 8 heteroatoms. The van der Waals surface area contributed by atoms with Gasteiger partial charge in [-0.05, 0) is 44.1 Å². The molecule has 0 fully saturated rings. The minimum Gasteiger partial charge on any atom is -0.355 e. The van der Waals surface area contributed by atoms with Crippen molar-refractivity contribution < 1.29 is 8.42 Å². The van der Waals surface area contributed by atoms with Crippen LogP contribution in [0.3, 0.4) is 0 Å². The van der Waals surface area contributed by atoms with Crippen molar-refractivity contribution in [3.63, 3.8) is 0 Å². The number of likely N-dealkylation sites (N-methyl/N-ethyl adjacent to an activating group) is 1. The standard InChI is InChI=1S/C20H36N4O2S.HI/c1-8-17(9-2)18(24(5)6)14-23-20(21-4)22-13-16-10-11-19(15(3)12-16)27(7,25)26;/h10-12,17-18H,8-9,13-14H2,1-7H3,(H2,21,22,23);1H. The van der Waals surface area contributed by atoms with E-state index < -0.39 is 9.84 Å². The Morgan fingerprint density at radius 1 is 1.18 bits per heavy atom. The summed E-state index contributed by atoms with van der Waals surface area (Å²) in [5.74, 6) is 1.38. The lowest BCUT2D eigenvalue weighted by Crippen LogP contribution is -2.47. The molecule has 1 atom stereocenters. The van der Waals surface area contributed by atoms with E-state index in [0.717, 1.165) is 36.5 Å². The summed E-state index contributed by atoms with van der Waals surface area (Å²) in [4.78, 5) is 6.96. The van der Waals surface area contributed by atoms with E-state index in [9.17, 15) is 8.42 Å². The highest BCUT2D eigenvalue weighted by atomic mass is 127. The van der Waals surface area contributed by atoms with Crippen LogP contribution in [0, 0.1) is 12.8 Å². The molecule has 0 aromatic heterocycles. The zero-order valence-corrected chi connectivity index (χ0v) is 21.4. The first kappa shape index (κ1) is 27.1. The second-order valence-electron chi connectivity index (χ2n) is 7.29. The van der Waals surface area contributed by atoms with Crippen LogP contribution in [0.1, 0.15) is 37.8 Å². The fourth-order valence-electron chi connectivity index (χ4n) is 3.45. The van der Waals surface area contributed by atoms with Crippen LogP contribution >= 0.6 is 24.0 Å². The quantitative estimate of drug-likeness (QED) is 0.295. The van der Waals surface area contributed by atoms with E-state index in [4.69, 9.17) is 0 Å². The SMILES string of the molecule is CCC(CC)C(CNC(=NC)NCc1ccc(S(C)(=O)=O)c(C)c1)N(C)C.I. The average Bonchev–Trinajstić information content (AvgIpc) is 2.59. The van der Waals surface area contributed by atoms with E-state index in [-0.39, 0.29) is 24.0 Å². The molecule has 0 heterocycles. The third-order valence-corrected chi connectivity index (χ3v) is 6.31. The molecule has 1 aromatic carbocycles. The van der Waals surface area contributed by atoms with Crippen molar-refractivity contribution in [1.29, 1.82) is 0 Å². The maximum atomic E-state index is 11.7. The molecule has 6 nitrogen and oxygen atoms in total. The van der Waals surface area contributed by atoms with Crippen molar-refractivity contribution in [1.82, 2.24) is 15.5 Å². The molecule has 2 N–H and O–H groups in total. The van der Waals surface area contributed by atoms with Crippen molar-refractivity contribution in [3.8, 4) is 0 Å². The Morgan fingerprint density at radius 2 is 1.79 bits per heavy atom. The lowest BCUT2D eigenvalue weighted by Gasteiger charge is -2.32. The molecule has 0 aliphatic carbocycles. The minimum atomic E-state index is -3.19. The number of rotatable bonds is 9. The molecule has 0 saturated heterocycles. The number of aryl methyl sites for hydroxylation is 1. The predicted octanol–water partition coefficient (Wildman–Crippen LogP) is 3.05. The fourth-order valence-corrected chi connectivity index (χ4v) is 4.41. The van der Waals surface area contributed by atoms with Crippen LogP contribution in [0.5, 0.6) is 0 Å². The molecule has 0 bridgehead atoms. The van der Waals surface area contributed by atoms with Gasteiger partial charge in [-0.1, -0.05) is 38.8 Å². The predicted molar refractivity (Wildman–Crippen MR) is 129 cm³/mol. The van der Waals surface area contributed by atoms with E-state index in [1.807, 2.05) is 19.1 Å². The molecular weight excluding hydrogens is 487 g/mol. The first-order valence-electron chi connectivity index (χ1n) is 9.54. The number of aliphatic imine (C=N–C) groups is 1. The summed E-state index contributed by atoms with van der Waals surface area (Å²) in [7, 11) is 2.81. The van der Waals surface area contributed by atoms with Gasteiger partial charge in [0.1, 0.15) is 0 Å². The Labute approximate surface area is 188 Å². The van der Waals surface area contributed by atoms with E-state index in [1.54, 1.807) is 13.1 Å². The van der Waals surface area contributed by atoms with Crippen molar-refractivity contribution in [2.45, 2.75) is 51.1 Å². The number of hydrogen-bond donors (Lipinski definition) is 2. The Hall–Kier alpha value is -0.870. The number of hydrogen-bond acceptors (Lipinski definition) is 4. The number of guanidine groups is 1. The molecule has 0 spiro atoms. The van der Waals surface area contributed by atoms with Crippen LogP contribution in [-0.2, 0) is 16.4 Å². The topological polar surface area (TPSA) is 73.8 Å². The van der Waals surface area contributed by atoms with Gasteiger partial charge >= 0.3 is 0 Å². The summed E-state index contributed by atoms with van der Waals surface area (Å²) >= 11 is 0. The van der Waals surface area contributed by atoms with Gasteiger partial charge < -0.3 is 15.5 Å². The lowest BCUT2D eigenvalue weighted by atomic mass is 9.93. The van der Waals surface area contributed by atoms with Gasteiger partial charge in [0.2, 0.25) is 0 Å². The molecule has 0 aliphatic heterocycles. The van der Waals surface area contributed by atoms with Gasteiger partial charge in [-0.15, -0.1) is 24.0 Å². The largest absolute Gasteiger partial charge is 0.355 e. The van der Waals surface area contributed by atoms with Crippen LogP contribution in [-0.4, -0.2) is 59.3 Å². The third-order valence-electron chi connectivity index (χ3n) is 5.06. The highest BCUT2D eigenvalue weighted by molar-refractivity contribution is 14.0. The van der Waals surface area contributed by atoms with E-state index in [2.05, 4.69) is 48.5 Å². The normalized spacial score (nSPS) is 13.4. The van der Waals surface area contributed by atoms with Crippen LogP contribution < -0.4 is 10.6 Å². The summed E-state index contributed by atoms with van der Waals surface area (Å²) < 4.78 is 23.5. The van der Waals surface area contributed by atoms with E-state index in [0.29, 0.717) is 23.4 Å². The van der Waals surface area contributed by atoms with Gasteiger partial charge in [-0.3, -0.25) is 4.99 Å². The molecular formula is C20H37IN4O2S. The van der Waals surface area contributed by atoms with Crippen molar-refractivity contribution in [2.24, 2.45) is 10.9 Å². The highest BCUT2D eigenvalue weighted by Crippen LogP contribution is 2.17. The van der Waals surface area contributed by atoms with Crippen LogP contribution in [0.15, 0.2) is 28.1 Å². The summed E-state index contributed by atoms with van der Waals surface area (Å²) in [6, 6.07) is 5.86. The second kappa shape index (κ2) is 12.6. The molecule has 0 aliphatic rings. The molecule has 1 aromatic rings. The first-order valence-corrected chi connectivity index (χ1v) is 11.4. The summed E-state index contributed by atoms with van der Waals surface area (Å²) in [5, 5.41) is 6.73. The molecule has 1 unspecified atom stereocenters. The van der Waals surface area contributed by atoms with Crippen LogP contribution in [0.25, 0.3) is 0 Å². The van der Waals surface area contributed by atoms with Gasteiger partial charge in [0.25, 0.3) is 0 Å². The second-order valence-corrected chi connectivity index (χ2v) is 9.27. The Bertz CT molecular complexity index is 732. The summed E-state index contributed by atoms with van der Waals surface area (Å²) in [6.45, 7) is 7.71. The minimum absolute atomic E-state index is 0.